The van der Waals surface area contributed by atoms with E-state index in [4.69, 9.17) is 0 Å². The molecule has 23 heavy (non-hydrogen) atoms. The highest BCUT2D eigenvalue weighted by atomic mass is 16.6. The van der Waals surface area contributed by atoms with Crippen molar-refractivity contribution in [3.05, 3.63) is 34.4 Å². The Kier molecular flexibility index (Phi) is 4.04. The number of nitro benzene ring substituents is 1. The van der Waals surface area contributed by atoms with Gasteiger partial charge in [0, 0.05) is 23.5 Å². The third kappa shape index (κ3) is 2.98. The molecule has 0 aromatic heterocycles. The zero-order chi connectivity index (χ0) is 17.4. The monoisotopic (exact) mass is 321 g/mol. The van der Waals surface area contributed by atoms with Crippen LogP contribution >= 0.6 is 0 Å². The second kappa shape index (κ2) is 5.67. The molecule has 2 N–H and O–H groups in total. The average molecular weight is 321 g/mol. The van der Waals surface area contributed by atoms with Crippen LogP contribution in [0.3, 0.4) is 0 Å². The molecule has 1 aliphatic rings. The molecular weight excluding hydrogens is 306 g/mol. The van der Waals surface area contributed by atoms with Crippen molar-refractivity contribution in [1.82, 2.24) is 0 Å². The SMILES string of the molecule is CC1=NC(C)(C(=O)O)CN(c2cccc([N+](=O)[O-])c2)C1C(=O)O. The van der Waals surface area contributed by atoms with Gasteiger partial charge in [0.1, 0.15) is 0 Å². The summed E-state index contributed by atoms with van der Waals surface area (Å²) in [6.07, 6.45) is 0. The summed E-state index contributed by atoms with van der Waals surface area (Å²) in [6, 6.07) is 4.25. The van der Waals surface area contributed by atoms with Gasteiger partial charge in [0.15, 0.2) is 11.6 Å². The normalized spacial score (nSPS) is 24.0. The number of benzene rings is 1. The summed E-state index contributed by atoms with van der Waals surface area (Å²) >= 11 is 0. The van der Waals surface area contributed by atoms with Crippen LogP contribution in [0.5, 0.6) is 0 Å². The fourth-order valence-corrected chi connectivity index (χ4v) is 2.59. The third-order valence-electron chi connectivity index (χ3n) is 3.68. The number of aliphatic imine (C=N–C) groups is 1. The first kappa shape index (κ1) is 16.4. The van der Waals surface area contributed by atoms with Crippen LogP contribution in [0.15, 0.2) is 29.3 Å². The lowest BCUT2D eigenvalue weighted by Gasteiger charge is -2.40. The zero-order valence-electron chi connectivity index (χ0n) is 12.5. The van der Waals surface area contributed by atoms with Gasteiger partial charge in [-0.05, 0) is 19.9 Å². The summed E-state index contributed by atoms with van der Waals surface area (Å²) < 4.78 is 0. The van der Waals surface area contributed by atoms with Gasteiger partial charge in [0.2, 0.25) is 0 Å². The van der Waals surface area contributed by atoms with E-state index < -0.39 is 28.4 Å². The fourth-order valence-electron chi connectivity index (χ4n) is 2.59. The highest BCUT2D eigenvalue weighted by Gasteiger charge is 2.44. The number of non-ortho nitro benzene ring substituents is 1. The Morgan fingerprint density at radius 1 is 1.43 bits per heavy atom. The molecule has 9 nitrogen and oxygen atoms in total. The number of hydrogen-bond acceptors (Lipinski definition) is 6. The molecular formula is C14H15N3O6. The zero-order valence-corrected chi connectivity index (χ0v) is 12.5. The quantitative estimate of drug-likeness (QED) is 0.628. The molecule has 0 saturated heterocycles. The lowest BCUT2D eigenvalue weighted by atomic mass is 9.95. The van der Waals surface area contributed by atoms with Crippen LogP contribution in [0.4, 0.5) is 11.4 Å². The molecule has 0 radical (unpaired) electrons. The predicted octanol–water partition coefficient (Wildman–Crippen LogP) is 1.17. The molecule has 0 aliphatic carbocycles. The number of hydrogen-bond donors (Lipinski definition) is 2. The number of carboxylic acids is 2. The van der Waals surface area contributed by atoms with Gasteiger partial charge in [-0.2, -0.15) is 0 Å². The van der Waals surface area contributed by atoms with Gasteiger partial charge in [-0.15, -0.1) is 0 Å². The maximum absolute atomic E-state index is 11.5. The number of carbonyl (C=O) groups is 2. The number of aliphatic carboxylic acids is 2. The van der Waals surface area contributed by atoms with E-state index in [0.29, 0.717) is 0 Å². The van der Waals surface area contributed by atoms with Gasteiger partial charge in [-0.25, -0.2) is 9.59 Å². The van der Waals surface area contributed by atoms with E-state index in [-0.39, 0.29) is 23.6 Å². The summed E-state index contributed by atoms with van der Waals surface area (Å²) in [7, 11) is 0. The number of nitro groups is 1. The standard InChI is InChI=1S/C14H15N3O6/c1-8-11(12(18)19)16(7-14(2,15-8)13(20)21)9-4-3-5-10(6-9)17(22)23/h3-6,11H,7H2,1-2H3,(H,18,19)(H,20,21). The Hall–Kier alpha value is -2.97. The number of anilines is 1. The highest BCUT2D eigenvalue weighted by molar-refractivity contribution is 6.09. The van der Waals surface area contributed by atoms with E-state index in [1.165, 1.54) is 43.0 Å². The Balaban J connectivity index is 2.56. The first-order chi connectivity index (χ1) is 10.7. The molecule has 2 rings (SSSR count). The van der Waals surface area contributed by atoms with E-state index in [9.17, 15) is 29.9 Å². The van der Waals surface area contributed by atoms with Crippen molar-refractivity contribution in [2.75, 3.05) is 11.4 Å². The van der Waals surface area contributed by atoms with Crippen molar-refractivity contribution in [2.24, 2.45) is 4.99 Å². The first-order valence-electron chi connectivity index (χ1n) is 6.69. The van der Waals surface area contributed by atoms with Crippen LogP contribution in [0.2, 0.25) is 0 Å². The van der Waals surface area contributed by atoms with Crippen LogP contribution in [0, 0.1) is 10.1 Å². The minimum Gasteiger partial charge on any atom is -0.479 e. The maximum atomic E-state index is 11.5. The van der Waals surface area contributed by atoms with Gasteiger partial charge < -0.3 is 15.1 Å². The number of carboxylic acid groups (broad SMARTS) is 2. The second-order valence-electron chi connectivity index (χ2n) is 5.48. The summed E-state index contributed by atoms with van der Waals surface area (Å²) in [5.74, 6) is -2.40. The minimum absolute atomic E-state index is 0.125. The van der Waals surface area contributed by atoms with Crippen molar-refractivity contribution in [1.29, 1.82) is 0 Å². The molecule has 122 valence electrons. The van der Waals surface area contributed by atoms with Crippen LogP contribution in [0.25, 0.3) is 0 Å². The largest absolute Gasteiger partial charge is 0.479 e. The molecule has 1 aliphatic heterocycles. The first-order valence-corrected chi connectivity index (χ1v) is 6.69. The van der Waals surface area contributed by atoms with E-state index in [2.05, 4.69) is 4.99 Å². The molecule has 2 unspecified atom stereocenters. The van der Waals surface area contributed by atoms with Crippen molar-refractivity contribution in [3.63, 3.8) is 0 Å². The topological polar surface area (TPSA) is 133 Å². The molecule has 1 heterocycles. The molecule has 2 atom stereocenters. The van der Waals surface area contributed by atoms with Crippen molar-refractivity contribution >= 4 is 29.0 Å². The fraction of sp³-hybridized carbons (Fsp3) is 0.357. The molecule has 0 bridgehead atoms. The smallest absolute Gasteiger partial charge is 0.333 e. The van der Waals surface area contributed by atoms with Gasteiger partial charge in [0.25, 0.3) is 5.69 Å². The maximum Gasteiger partial charge on any atom is 0.333 e. The van der Waals surface area contributed by atoms with Crippen molar-refractivity contribution < 1.29 is 24.7 Å². The Labute approximate surface area is 131 Å². The summed E-state index contributed by atoms with van der Waals surface area (Å²) in [4.78, 5) is 38.6. The summed E-state index contributed by atoms with van der Waals surface area (Å²) in [6.45, 7) is 2.60. The number of rotatable bonds is 4. The van der Waals surface area contributed by atoms with E-state index in [0.717, 1.165) is 0 Å². The molecule has 0 fully saturated rings. The van der Waals surface area contributed by atoms with E-state index in [1.807, 2.05) is 0 Å². The molecule has 0 saturated carbocycles. The van der Waals surface area contributed by atoms with Gasteiger partial charge in [-0.1, -0.05) is 6.07 Å². The van der Waals surface area contributed by atoms with Crippen LogP contribution in [0.1, 0.15) is 13.8 Å². The lowest BCUT2D eigenvalue weighted by Crippen LogP contribution is -2.59. The molecule has 1 aromatic carbocycles. The third-order valence-corrected chi connectivity index (χ3v) is 3.68. The van der Waals surface area contributed by atoms with Crippen LogP contribution in [-0.4, -0.2) is 50.9 Å². The van der Waals surface area contributed by atoms with Crippen molar-refractivity contribution in [2.45, 2.75) is 25.4 Å². The minimum atomic E-state index is -1.53. The van der Waals surface area contributed by atoms with Gasteiger partial charge in [0.05, 0.1) is 11.5 Å². The lowest BCUT2D eigenvalue weighted by molar-refractivity contribution is -0.384. The summed E-state index contributed by atoms with van der Waals surface area (Å²) in [5.41, 5.74) is -1.35. The predicted molar refractivity (Wildman–Crippen MR) is 81.0 cm³/mol. The average Bonchev–Trinajstić information content (AvgIpc) is 2.45. The molecule has 1 aromatic rings. The Bertz CT molecular complexity index is 716. The Morgan fingerprint density at radius 2 is 2.09 bits per heavy atom. The van der Waals surface area contributed by atoms with Gasteiger partial charge >= 0.3 is 11.9 Å². The number of nitrogens with zero attached hydrogens (tertiary/aromatic N) is 3. The van der Waals surface area contributed by atoms with Gasteiger partial charge in [-0.3, -0.25) is 15.1 Å². The van der Waals surface area contributed by atoms with Crippen molar-refractivity contribution in [3.8, 4) is 0 Å². The second-order valence-corrected chi connectivity index (χ2v) is 5.48. The molecule has 0 amide bonds. The molecule has 9 heteroatoms. The summed E-state index contributed by atoms with van der Waals surface area (Å²) in [5, 5.41) is 29.7. The van der Waals surface area contributed by atoms with E-state index in [1.54, 1.807) is 0 Å². The Morgan fingerprint density at radius 3 is 2.61 bits per heavy atom. The van der Waals surface area contributed by atoms with E-state index >= 15 is 0 Å². The molecule has 0 spiro atoms. The van der Waals surface area contributed by atoms with Crippen LogP contribution in [-0.2, 0) is 9.59 Å². The highest BCUT2D eigenvalue weighted by Crippen LogP contribution is 2.30. The van der Waals surface area contributed by atoms with Crippen LogP contribution < -0.4 is 4.90 Å².